The van der Waals surface area contributed by atoms with E-state index in [4.69, 9.17) is 4.74 Å². The molecular weight excluding hydrogens is 323 g/mol. The van der Waals surface area contributed by atoms with Gasteiger partial charge in [-0.25, -0.2) is 0 Å². The SMILES string of the molecule is C=C(C)C[C@H](c1cccc(OC)c1O)N1CCNCC1.Cl.Cl. The average molecular weight is 349 g/mol. The van der Waals surface area contributed by atoms with Gasteiger partial charge in [0.15, 0.2) is 11.5 Å². The van der Waals surface area contributed by atoms with Crippen LogP contribution in [0, 0.1) is 0 Å². The third kappa shape index (κ3) is 5.06. The van der Waals surface area contributed by atoms with Gasteiger partial charge in [0, 0.05) is 37.8 Å². The van der Waals surface area contributed by atoms with Crippen molar-refractivity contribution in [2.75, 3.05) is 33.3 Å². The molecule has 0 bridgehead atoms. The van der Waals surface area contributed by atoms with E-state index in [9.17, 15) is 5.11 Å². The number of phenolic OH excluding ortho intramolecular Hbond substituents is 1. The molecule has 1 fully saturated rings. The fraction of sp³-hybridized carbons (Fsp3) is 0.500. The lowest BCUT2D eigenvalue weighted by Gasteiger charge is -2.35. The fourth-order valence-electron chi connectivity index (χ4n) is 2.73. The van der Waals surface area contributed by atoms with Gasteiger partial charge in [0.25, 0.3) is 0 Å². The number of aromatic hydroxyl groups is 1. The Labute approximate surface area is 145 Å². The summed E-state index contributed by atoms with van der Waals surface area (Å²) >= 11 is 0. The highest BCUT2D eigenvalue weighted by Crippen LogP contribution is 2.38. The monoisotopic (exact) mass is 348 g/mol. The Kier molecular flexibility index (Phi) is 9.53. The lowest BCUT2D eigenvalue weighted by atomic mass is 9.96. The second-order valence-electron chi connectivity index (χ2n) is 5.36. The zero-order valence-electron chi connectivity index (χ0n) is 13.2. The van der Waals surface area contributed by atoms with Crippen molar-refractivity contribution >= 4 is 24.8 Å². The van der Waals surface area contributed by atoms with Gasteiger partial charge in [-0.05, 0) is 19.4 Å². The molecule has 1 aliphatic heterocycles. The summed E-state index contributed by atoms with van der Waals surface area (Å²) in [5.41, 5.74) is 2.05. The van der Waals surface area contributed by atoms with Crippen LogP contribution in [-0.4, -0.2) is 43.3 Å². The first-order valence-corrected chi connectivity index (χ1v) is 7.08. The van der Waals surface area contributed by atoms with Gasteiger partial charge in [-0.2, -0.15) is 0 Å². The fourth-order valence-corrected chi connectivity index (χ4v) is 2.73. The predicted molar refractivity (Wildman–Crippen MR) is 95.8 cm³/mol. The van der Waals surface area contributed by atoms with E-state index >= 15 is 0 Å². The van der Waals surface area contributed by atoms with E-state index in [2.05, 4.69) is 16.8 Å². The van der Waals surface area contributed by atoms with E-state index in [1.165, 1.54) is 0 Å². The molecule has 1 heterocycles. The molecule has 6 heteroatoms. The first kappa shape index (κ1) is 21.1. The summed E-state index contributed by atoms with van der Waals surface area (Å²) in [7, 11) is 1.58. The number of para-hydroxylation sites is 1. The normalized spacial score (nSPS) is 16.1. The maximum absolute atomic E-state index is 10.4. The molecule has 0 spiro atoms. The number of nitrogens with zero attached hydrogens (tertiary/aromatic N) is 1. The number of rotatable bonds is 5. The molecule has 4 nitrogen and oxygen atoms in total. The first-order valence-electron chi connectivity index (χ1n) is 7.08. The third-order valence-electron chi connectivity index (χ3n) is 3.74. The van der Waals surface area contributed by atoms with Crippen LogP contribution in [0.2, 0.25) is 0 Å². The second-order valence-corrected chi connectivity index (χ2v) is 5.36. The van der Waals surface area contributed by atoms with Gasteiger partial charge in [0.2, 0.25) is 0 Å². The van der Waals surface area contributed by atoms with Crippen LogP contribution in [0.4, 0.5) is 0 Å². The zero-order chi connectivity index (χ0) is 14.5. The van der Waals surface area contributed by atoms with Gasteiger partial charge in [-0.1, -0.05) is 17.7 Å². The van der Waals surface area contributed by atoms with Crippen molar-refractivity contribution in [3.63, 3.8) is 0 Å². The molecule has 2 N–H and O–H groups in total. The number of hydrogen-bond acceptors (Lipinski definition) is 4. The second kappa shape index (κ2) is 9.95. The molecule has 1 aromatic rings. The van der Waals surface area contributed by atoms with Crippen molar-refractivity contribution in [3.8, 4) is 11.5 Å². The van der Waals surface area contributed by atoms with Crippen molar-refractivity contribution in [2.45, 2.75) is 19.4 Å². The minimum absolute atomic E-state index is 0. The van der Waals surface area contributed by atoms with Crippen LogP contribution in [0.15, 0.2) is 30.4 Å². The Hall–Kier alpha value is -0.940. The summed E-state index contributed by atoms with van der Waals surface area (Å²) in [5.74, 6) is 0.782. The van der Waals surface area contributed by atoms with Gasteiger partial charge in [-0.3, -0.25) is 4.90 Å². The lowest BCUT2D eigenvalue weighted by Crippen LogP contribution is -2.45. The molecule has 1 aliphatic rings. The zero-order valence-corrected chi connectivity index (χ0v) is 14.8. The van der Waals surface area contributed by atoms with Gasteiger partial charge in [-0.15, -0.1) is 31.4 Å². The molecule has 126 valence electrons. The number of hydrogen-bond donors (Lipinski definition) is 2. The summed E-state index contributed by atoms with van der Waals surface area (Å²) < 4.78 is 5.22. The number of halogens is 2. The highest BCUT2D eigenvalue weighted by molar-refractivity contribution is 5.85. The molecule has 22 heavy (non-hydrogen) atoms. The van der Waals surface area contributed by atoms with E-state index in [-0.39, 0.29) is 36.6 Å². The van der Waals surface area contributed by atoms with Crippen LogP contribution in [0.25, 0.3) is 0 Å². The maximum Gasteiger partial charge on any atom is 0.162 e. The van der Waals surface area contributed by atoms with Gasteiger partial charge in [0.1, 0.15) is 0 Å². The number of ether oxygens (including phenoxy) is 1. The predicted octanol–water partition coefficient (Wildman–Crippen LogP) is 3.16. The van der Waals surface area contributed by atoms with E-state index in [0.29, 0.717) is 5.75 Å². The van der Waals surface area contributed by atoms with E-state index in [1.807, 2.05) is 19.1 Å². The smallest absolute Gasteiger partial charge is 0.162 e. The highest BCUT2D eigenvalue weighted by atomic mass is 35.5. The summed E-state index contributed by atoms with van der Waals surface area (Å²) in [6.07, 6.45) is 0.848. The molecule has 1 aromatic carbocycles. The van der Waals surface area contributed by atoms with Crippen LogP contribution in [-0.2, 0) is 0 Å². The highest BCUT2D eigenvalue weighted by Gasteiger charge is 2.25. The molecule has 0 radical (unpaired) electrons. The van der Waals surface area contributed by atoms with Gasteiger partial charge in [0.05, 0.1) is 7.11 Å². The average Bonchev–Trinajstić information content (AvgIpc) is 2.46. The Balaban J connectivity index is 0.00000220. The van der Waals surface area contributed by atoms with Crippen molar-refractivity contribution < 1.29 is 9.84 Å². The van der Waals surface area contributed by atoms with E-state index in [0.717, 1.165) is 43.7 Å². The van der Waals surface area contributed by atoms with Crippen LogP contribution < -0.4 is 10.1 Å². The number of benzene rings is 1. The van der Waals surface area contributed by atoms with Gasteiger partial charge < -0.3 is 15.2 Å². The lowest BCUT2D eigenvalue weighted by molar-refractivity contribution is 0.169. The number of phenols is 1. The topological polar surface area (TPSA) is 44.7 Å². The van der Waals surface area contributed by atoms with Gasteiger partial charge >= 0.3 is 0 Å². The van der Waals surface area contributed by atoms with Crippen LogP contribution in [0.1, 0.15) is 24.9 Å². The van der Waals surface area contributed by atoms with Crippen LogP contribution >= 0.6 is 24.8 Å². The Morgan fingerprint density at radius 3 is 2.55 bits per heavy atom. The van der Waals surface area contributed by atoms with Crippen LogP contribution in [0.5, 0.6) is 11.5 Å². The Morgan fingerprint density at radius 2 is 2.00 bits per heavy atom. The van der Waals surface area contributed by atoms with E-state index in [1.54, 1.807) is 13.2 Å². The number of methoxy groups -OCH3 is 1. The molecule has 2 rings (SSSR count). The minimum atomic E-state index is 0. The van der Waals surface area contributed by atoms with E-state index < -0.39 is 0 Å². The summed E-state index contributed by atoms with van der Waals surface area (Å²) in [4.78, 5) is 2.40. The molecule has 0 amide bonds. The summed E-state index contributed by atoms with van der Waals surface area (Å²) in [5, 5.41) is 13.8. The number of nitrogens with one attached hydrogen (secondary N) is 1. The van der Waals surface area contributed by atoms with Crippen molar-refractivity contribution in [1.29, 1.82) is 0 Å². The molecule has 0 saturated carbocycles. The largest absolute Gasteiger partial charge is 0.504 e. The van der Waals surface area contributed by atoms with Crippen molar-refractivity contribution in [3.05, 3.63) is 35.9 Å². The first-order chi connectivity index (χ1) is 9.63. The Bertz CT molecular complexity index is 477. The standard InChI is InChI=1S/C16H24N2O2.2ClH/c1-12(2)11-14(18-9-7-17-8-10-18)13-5-4-6-15(20-3)16(13)19;;/h4-6,14,17,19H,1,7-11H2,2-3H3;2*1H/t14-;;/m1../s1. The molecule has 1 saturated heterocycles. The quantitative estimate of drug-likeness (QED) is 0.802. The summed E-state index contributed by atoms with van der Waals surface area (Å²) in [6, 6.07) is 5.85. The third-order valence-corrected chi connectivity index (χ3v) is 3.74. The Morgan fingerprint density at radius 1 is 1.36 bits per heavy atom. The molecule has 0 aliphatic carbocycles. The minimum Gasteiger partial charge on any atom is -0.504 e. The van der Waals surface area contributed by atoms with Crippen LogP contribution in [0.3, 0.4) is 0 Å². The number of piperazine rings is 1. The van der Waals surface area contributed by atoms with Crippen molar-refractivity contribution in [2.24, 2.45) is 0 Å². The molecular formula is C16H26Cl2N2O2. The molecule has 1 atom stereocenters. The maximum atomic E-state index is 10.4. The van der Waals surface area contributed by atoms with Crippen molar-refractivity contribution in [1.82, 2.24) is 10.2 Å². The molecule has 0 unspecified atom stereocenters. The molecule has 0 aromatic heterocycles. The summed E-state index contributed by atoms with van der Waals surface area (Å²) in [6.45, 7) is 10.00.